The highest BCUT2D eigenvalue weighted by atomic mass is 16.5. The Hall–Kier alpha value is -0.610. The topological polar surface area (TPSA) is 41.6 Å². The minimum atomic E-state index is 0.164. The Morgan fingerprint density at radius 1 is 1.60 bits per heavy atom. The van der Waals surface area contributed by atoms with Gasteiger partial charge in [0.15, 0.2) is 0 Å². The largest absolute Gasteiger partial charge is 0.378 e. The normalized spacial score (nSPS) is 26.3. The molecular formula is C11H22N2O2. The first-order valence-electron chi connectivity index (χ1n) is 5.72. The molecule has 0 bridgehead atoms. The van der Waals surface area contributed by atoms with E-state index in [-0.39, 0.29) is 5.91 Å². The first-order valence-corrected chi connectivity index (χ1v) is 5.72. The summed E-state index contributed by atoms with van der Waals surface area (Å²) in [6, 6.07) is 0.433. The third-order valence-corrected chi connectivity index (χ3v) is 2.93. The summed E-state index contributed by atoms with van der Waals surface area (Å²) < 4.78 is 5.45. The molecule has 0 aromatic carbocycles. The van der Waals surface area contributed by atoms with Crippen LogP contribution < -0.4 is 5.32 Å². The molecule has 2 atom stereocenters. The van der Waals surface area contributed by atoms with Crippen molar-refractivity contribution in [3.63, 3.8) is 0 Å². The van der Waals surface area contributed by atoms with Crippen LogP contribution >= 0.6 is 0 Å². The van der Waals surface area contributed by atoms with E-state index in [9.17, 15) is 4.79 Å². The smallest absolute Gasteiger partial charge is 0.236 e. The molecule has 0 spiro atoms. The highest BCUT2D eigenvalue weighted by molar-refractivity contribution is 5.77. The lowest BCUT2D eigenvalue weighted by Crippen LogP contribution is -2.43. The highest BCUT2D eigenvalue weighted by Crippen LogP contribution is 2.12. The van der Waals surface area contributed by atoms with Gasteiger partial charge in [0, 0.05) is 26.2 Å². The van der Waals surface area contributed by atoms with Gasteiger partial charge in [0.1, 0.15) is 0 Å². The van der Waals surface area contributed by atoms with Gasteiger partial charge in [0.2, 0.25) is 5.91 Å². The van der Waals surface area contributed by atoms with Crippen LogP contribution in [0.4, 0.5) is 0 Å². The van der Waals surface area contributed by atoms with Crippen LogP contribution in [0.15, 0.2) is 0 Å². The number of rotatable bonds is 4. The SMILES string of the molecule is CCN(C)C(=O)CNC1CCOC(C)C1. The Morgan fingerprint density at radius 2 is 2.33 bits per heavy atom. The molecule has 4 heteroatoms. The van der Waals surface area contributed by atoms with Gasteiger partial charge in [0.05, 0.1) is 12.6 Å². The molecule has 0 saturated carbocycles. The van der Waals surface area contributed by atoms with Gasteiger partial charge in [-0.15, -0.1) is 0 Å². The van der Waals surface area contributed by atoms with Gasteiger partial charge in [-0.3, -0.25) is 4.79 Å². The summed E-state index contributed by atoms with van der Waals surface area (Å²) in [5.41, 5.74) is 0. The summed E-state index contributed by atoms with van der Waals surface area (Å²) in [5, 5.41) is 3.30. The molecule has 1 N–H and O–H groups in total. The molecule has 2 unspecified atom stereocenters. The van der Waals surface area contributed by atoms with Gasteiger partial charge in [-0.05, 0) is 26.7 Å². The maximum Gasteiger partial charge on any atom is 0.236 e. The standard InChI is InChI=1S/C11H22N2O2/c1-4-13(3)11(14)8-12-10-5-6-15-9(2)7-10/h9-10,12H,4-8H2,1-3H3. The van der Waals surface area contributed by atoms with Crippen LogP contribution in [0.25, 0.3) is 0 Å². The highest BCUT2D eigenvalue weighted by Gasteiger charge is 2.19. The number of nitrogens with zero attached hydrogens (tertiary/aromatic N) is 1. The van der Waals surface area contributed by atoms with Crippen molar-refractivity contribution in [2.24, 2.45) is 0 Å². The molecule has 1 fully saturated rings. The van der Waals surface area contributed by atoms with E-state index in [0.29, 0.717) is 18.7 Å². The second kappa shape index (κ2) is 6.08. The van der Waals surface area contributed by atoms with Gasteiger partial charge in [-0.2, -0.15) is 0 Å². The van der Waals surface area contributed by atoms with E-state index in [0.717, 1.165) is 26.0 Å². The number of carbonyl (C=O) groups is 1. The number of carbonyl (C=O) groups excluding carboxylic acids is 1. The van der Waals surface area contributed by atoms with Crippen molar-refractivity contribution in [3.05, 3.63) is 0 Å². The van der Waals surface area contributed by atoms with Crippen molar-refractivity contribution in [2.45, 2.75) is 38.8 Å². The Bertz CT molecular complexity index is 209. The van der Waals surface area contributed by atoms with Crippen LogP contribution in [0.2, 0.25) is 0 Å². The van der Waals surface area contributed by atoms with E-state index >= 15 is 0 Å². The Morgan fingerprint density at radius 3 is 2.93 bits per heavy atom. The molecule has 0 aliphatic carbocycles. The first-order chi connectivity index (χ1) is 7.13. The molecule has 1 heterocycles. The average molecular weight is 214 g/mol. The molecule has 0 aromatic rings. The second-order valence-corrected chi connectivity index (χ2v) is 4.19. The molecule has 1 aliphatic heterocycles. The van der Waals surface area contributed by atoms with E-state index in [2.05, 4.69) is 12.2 Å². The van der Waals surface area contributed by atoms with Crippen molar-refractivity contribution in [3.8, 4) is 0 Å². The summed E-state index contributed by atoms with van der Waals surface area (Å²) >= 11 is 0. The molecule has 88 valence electrons. The van der Waals surface area contributed by atoms with Crippen molar-refractivity contribution < 1.29 is 9.53 Å². The second-order valence-electron chi connectivity index (χ2n) is 4.19. The van der Waals surface area contributed by atoms with Gasteiger partial charge in [-0.25, -0.2) is 0 Å². The average Bonchev–Trinajstić information content (AvgIpc) is 2.25. The number of likely N-dealkylation sites (N-methyl/N-ethyl adjacent to an activating group) is 1. The van der Waals surface area contributed by atoms with E-state index in [4.69, 9.17) is 4.74 Å². The van der Waals surface area contributed by atoms with Crippen LogP contribution in [0.1, 0.15) is 26.7 Å². The van der Waals surface area contributed by atoms with Crippen molar-refractivity contribution in [1.29, 1.82) is 0 Å². The van der Waals surface area contributed by atoms with Crippen LogP contribution in [0.5, 0.6) is 0 Å². The molecule has 1 aliphatic rings. The lowest BCUT2D eigenvalue weighted by Gasteiger charge is -2.28. The van der Waals surface area contributed by atoms with Crippen molar-refractivity contribution in [1.82, 2.24) is 10.2 Å². The zero-order valence-corrected chi connectivity index (χ0v) is 9.95. The zero-order chi connectivity index (χ0) is 11.3. The predicted octanol–water partition coefficient (Wildman–Crippen LogP) is 0.622. The van der Waals surface area contributed by atoms with Gasteiger partial charge >= 0.3 is 0 Å². The third kappa shape index (κ3) is 4.18. The lowest BCUT2D eigenvalue weighted by atomic mass is 10.0. The van der Waals surface area contributed by atoms with Crippen LogP contribution in [0, 0.1) is 0 Å². The van der Waals surface area contributed by atoms with Gasteiger partial charge in [0.25, 0.3) is 0 Å². The van der Waals surface area contributed by atoms with Crippen LogP contribution in [-0.4, -0.2) is 49.7 Å². The van der Waals surface area contributed by atoms with Crippen LogP contribution in [0.3, 0.4) is 0 Å². The molecule has 0 aromatic heterocycles. The first kappa shape index (κ1) is 12.5. The van der Waals surface area contributed by atoms with E-state index in [1.54, 1.807) is 4.90 Å². The summed E-state index contributed by atoms with van der Waals surface area (Å²) in [5.74, 6) is 0.164. The van der Waals surface area contributed by atoms with E-state index in [1.165, 1.54) is 0 Å². The summed E-state index contributed by atoms with van der Waals surface area (Å²) in [4.78, 5) is 13.3. The zero-order valence-electron chi connectivity index (χ0n) is 9.95. The molecule has 15 heavy (non-hydrogen) atoms. The lowest BCUT2D eigenvalue weighted by molar-refractivity contribution is -0.129. The molecule has 4 nitrogen and oxygen atoms in total. The molecule has 0 radical (unpaired) electrons. The van der Waals surface area contributed by atoms with E-state index in [1.807, 2.05) is 14.0 Å². The minimum absolute atomic E-state index is 0.164. The molecular weight excluding hydrogens is 192 g/mol. The quantitative estimate of drug-likeness (QED) is 0.746. The summed E-state index contributed by atoms with van der Waals surface area (Å²) in [6.45, 7) is 6.07. The van der Waals surface area contributed by atoms with Gasteiger partial charge < -0.3 is 15.0 Å². The fourth-order valence-corrected chi connectivity index (χ4v) is 1.73. The number of hydrogen-bond acceptors (Lipinski definition) is 3. The Labute approximate surface area is 92.0 Å². The number of amides is 1. The maximum atomic E-state index is 11.5. The Kier molecular flexibility index (Phi) is 5.05. The summed E-state index contributed by atoms with van der Waals surface area (Å²) in [6.07, 6.45) is 2.33. The number of nitrogens with one attached hydrogen (secondary N) is 1. The number of ether oxygens (including phenoxy) is 1. The fourth-order valence-electron chi connectivity index (χ4n) is 1.73. The van der Waals surface area contributed by atoms with E-state index < -0.39 is 0 Å². The van der Waals surface area contributed by atoms with Crippen molar-refractivity contribution >= 4 is 5.91 Å². The molecule has 1 rings (SSSR count). The Balaban J connectivity index is 2.21. The van der Waals surface area contributed by atoms with Gasteiger partial charge in [-0.1, -0.05) is 0 Å². The third-order valence-electron chi connectivity index (χ3n) is 2.93. The monoisotopic (exact) mass is 214 g/mol. The maximum absolute atomic E-state index is 11.5. The minimum Gasteiger partial charge on any atom is -0.378 e. The summed E-state index contributed by atoms with van der Waals surface area (Å²) in [7, 11) is 1.83. The molecule has 1 amide bonds. The number of hydrogen-bond donors (Lipinski definition) is 1. The van der Waals surface area contributed by atoms with Crippen LogP contribution in [-0.2, 0) is 9.53 Å². The molecule has 1 saturated heterocycles. The fraction of sp³-hybridized carbons (Fsp3) is 0.909. The predicted molar refractivity (Wildman–Crippen MR) is 59.7 cm³/mol. The van der Waals surface area contributed by atoms with Crippen molar-refractivity contribution in [2.75, 3.05) is 26.7 Å².